The van der Waals surface area contributed by atoms with Crippen LogP contribution in [0.1, 0.15) is 90.3 Å². The molecular formula is C31H41N3NiO3. The largest absolute Gasteiger partial charge is 2.00 e. The van der Waals surface area contributed by atoms with Crippen molar-refractivity contribution < 1.29 is 31.4 Å². The molecule has 0 N–H and O–H groups in total. The number of hydrogen-bond acceptors (Lipinski definition) is 6. The quantitative estimate of drug-likeness (QED) is 0.274. The molecule has 0 unspecified atom stereocenters. The fourth-order valence-electron chi connectivity index (χ4n) is 4.11. The van der Waals surface area contributed by atoms with E-state index in [2.05, 4.69) is 42.0 Å². The van der Waals surface area contributed by atoms with E-state index in [-0.39, 0.29) is 21.9 Å². The third-order valence-electron chi connectivity index (χ3n) is 6.16. The van der Waals surface area contributed by atoms with Gasteiger partial charge >= 0.3 is 16.5 Å². The van der Waals surface area contributed by atoms with Gasteiger partial charge in [-0.2, -0.15) is 0 Å². The van der Waals surface area contributed by atoms with Crippen molar-refractivity contribution in [2.75, 3.05) is 7.11 Å². The second kappa shape index (κ2) is 13.8. The zero-order valence-corrected chi connectivity index (χ0v) is 25.3. The molecule has 208 valence electrons. The van der Waals surface area contributed by atoms with Crippen LogP contribution >= 0.6 is 0 Å². The molecule has 0 aliphatic carbocycles. The molecule has 0 aliphatic rings. The molecule has 0 spiro atoms. The maximum atomic E-state index is 12.3. The number of para-hydroxylation sites is 1. The fraction of sp³-hybridized carbons (Fsp3) is 0.452. The summed E-state index contributed by atoms with van der Waals surface area (Å²) in [7, 11) is 1.53. The van der Waals surface area contributed by atoms with Crippen molar-refractivity contribution in [2.24, 2.45) is 4.99 Å². The summed E-state index contributed by atoms with van der Waals surface area (Å²) in [6.45, 7) is 17.8. The number of nitrogens with zero attached hydrogens (tertiary/aromatic N) is 3. The van der Waals surface area contributed by atoms with E-state index in [4.69, 9.17) is 9.73 Å². The number of aliphatic imine (C=N–C) groups is 1. The maximum absolute atomic E-state index is 12.3. The first kappa shape index (κ1) is 33.1. The Kier molecular flexibility index (Phi) is 12.0. The van der Waals surface area contributed by atoms with Crippen LogP contribution in [0.25, 0.3) is 0 Å². The molecular weight excluding hydrogens is 521 g/mol. The molecule has 1 aromatic heterocycles. The third kappa shape index (κ3) is 8.04. The molecule has 0 atom stereocenters. The van der Waals surface area contributed by atoms with E-state index in [9.17, 15) is 10.2 Å². The predicted molar refractivity (Wildman–Crippen MR) is 148 cm³/mol. The minimum atomic E-state index is -0.438. The third-order valence-corrected chi connectivity index (χ3v) is 6.16. The van der Waals surface area contributed by atoms with Gasteiger partial charge in [-0.15, -0.1) is 11.5 Å². The molecule has 3 rings (SSSR count). The van der Waals surface area contributed by atoms with E-state index < -0.39 is 16.9 Å². The molecule has 0 bridgehead atoms. The average molecular weight is 562 g/mol. The summed E-state index contributed by atoms with van der Waals surface area (Å²) in [4.78, 5) is 13.2. The Balaban J connectivity index is 0.000000371. The van der Waals surface area contributed by atoms with Crippen LogP contribution < -0.4 is 14.9 Å². The summed E-state index contributed by atoms with van der Waals surface area (Å²) >= 11 is 0. The van der Waals surface area contributed by atoms with Gasteiger partial charge in [-0.1, -0.05) is 73.6 Å². The van der Waals surface area contributed by atoms with Gasteiger partial charge in [0.1, 0.15) is 11.4 Å². The molecule has 6 nitrogen and oxygen atoms in total. The minimum Gasteiger partial charge on any atom is -0.873 e. The molecule has 1 heterocycles. The normalized spacial score (nSPS) is 11.8. The van der Waals surface area contributed by atoms with Crippen molar-refractivity contribution in [2.45, 2.75) is 86.0 Å². The zero-order chi connectivity index (χ0) is 28.0. The standard InChI is InChI=1S/C16H19N3.C15H24O3.Ni/c1-4-13-7-6-8-14(5-2)16(13)19-12(3)15-11-17-9-10-18-15;1-14(2,3)9-8-10(18-7)11(15(4,5)6)13(17)12(9)16;/h6-11H,4-5H2,1-3H3;8,16-17H,1-7H3;/q;;+2/p-2. The Morgan fingerprint density at radius 3 is 1.92 bits per heavy atom. The van der Waals surface area contributed by atoms with Crippen LogP contribution in [-0.4, -0.2) is 22.8 Å². The van der Waals surface area contributed by atoms with Gasteiger partial charge in [0.25, 0.3) is 0 Å². The van der Waals surface area contributed by atoms with E-state index in [0.29, 0.717) is 16.9 Å². The van der Waals surface area contributed by atoms with Crippen LogP contribution in [-0.2, 0) is 40.2 Å². The van der Waals surface area contributed by atoms with E-state index in [1.807, 2.05) is 48.5 Å². The van der Waals surface area contributed by atoms with E-state index >= 15 is 0 Å². The first-order valence-electron chi connectivity index (χ1n) is 12.8. The Labute approximate surface area is 238 Å². The van der Waals surface area contributed by atoms with Gasteiger partial charge in [-0.3, -0.25) is 15.0 Å². The average Bonchev–Trinajstić information content (AvgIpc) is 2.84. The molecule has 38 heavy (non-hydrogen) atoms. The SMILES string of the molecule is CCc1cccc(CC)c1N=C(C)c1cnccn1.COc1cc(C(C)(C)C)c([O-])c([O-])c1C(C)(C)C.[Ni+2]. The number of rotatable bonds is 5. The van der Waals surface area contributed by atoms with Crippen molar-refractivity contribution in [3.05, 3.63) is 70.8 Å². The van der Waals surface area contributed by atoms with Gasteiger partial charge in [0.15, 0.2) is 0 Å². The van der Waals surface area contributed by atoms with Gasteiger partial charge in [0, 0.05) is 12.4 Å². The smallest absolute Gasteiger partial charge is 0.873 e. The van der Waals surface area contributed by atoms with E-state index in [1.165, 1.54) is 18.2 Å². The monoisotopic (exact) mass is 561 g/mol. The Morgan fingerprint density at radius 2 is 1.50 bits per heavy atom. The minimum absolute atomic E-state index is 0. The summed E-state index contributed by atoms with van der Waals surface area (Å²) in [5, 5.41) is 24.5. The number of ether oxygens (including phenoxy) is 1. The Hall–Kier alpha value is -2.92. The topological polar surface area (TPSA) is 93.5 Å². The van der Waals surface area contributed by atoms with Crippen molar-refractivity contribution in [1.29, 1.82) is 0 Å². The second-order valence-corrected chi connectivity index (χ2v) is 11.1. The molecule has 0 saturated carbocycles. The van der Waals surface area contributed by atoms with Crippen molar-refractivity contribution in [1.82, 2.24) is 9.97 Å². The number of methoxy groups -OCH3 is 1. The summed E-state index contributed by atoms with van der Waals surface area (Å²) in [5.74, 6) is -0.336. The zero-order valence-electron chi connectivity index (χ0n) is 24.3. The first-order chi connectivity index (χ1) is 17.3. The maximum Gasteiger partial charge on any atom is 2.00 e. The molecule has 0 amide bonds. The summed E-state index contributed by atoms with van der Waals surface area (Å²) in [6, 6.07) is 8.10. The number of benzene rings is 2. The second-order valence-electron chi connectivity index (χ2n) is 11.1. The van der Waals surface area contributed by atoms with Crippen molar-refractivity contribution in [3.8, 4) is 17.2 Å². The fourth-order valence-corrected chi connectivity index (χ4v) is 4.11. The first-order valence-corrected chi connectivity index (χ1v) is 12.8. The molecule has 7 heteroatoms. The van der Waals surface area contributed by atoms with Gasteiger partial charge in [-0.05, 0) is 58.9 Å². The van der Waals surface area contributed by atoms with Crippen molar-refractivity contribution in [3.63, 3.8) is 0 Å². The van der Waals surface area contributed by atoms with Crippen LogP contribution in [0.5, 0.6) is 17.2 Å². The van der Waals surface area contributed by atoms with Gasteiger partial charge in [-0.25, -0.2) is 0 Å². The van der Waals surface area contributed by atoms with Gasteiger partial charge in [0.2, 0.25) is 0 Å². The van der Waals surface area contributed by atoms with E-state index in [0.717, 1.165) is 29.9 Å². The van der Waals surface area contributed by atoms with Crippen LogP contribution in [0, 0.1) is 0 Å². The van der Waals surface area contributed by atoms with Gasteiger partial charge < -0.3 is 14.9 Å². The molecule has 0 radical (unpaired) electrons. The number of hydrogen-bond donors (Lipinski definition) is 0. The summed E-state index contributed by atoms with van der Waals surface area (Å²) in [5.41, 5.74) is 5.60. The van der Waals surface area contributed by atoms with Gasteiger partial charge in [0.05, 0.1) is 24.7 Å². The summed E-state index contributed by atoms with van der Waals surface area (Å²) in [6.07, 6.45) is 7.09. The summed E-state index contributed by atoms with van der Waals surface area (Å²) < 4.78 is 5.30. The molecule has 0 aliphatic heterocycles. The Morgan fingerprint density at radius 1 is 0.921 bits per heavy atom. The van der Waals surface area contributed by atoms with Crippen LogP contribution in [0.3, 0.4) is 0 Å². The van der Waals surface area contributed by atoms with E-state index in [1.54, 1.807) is 24.7 Å². The number of aryl methyl sites for hydroxylation is 2. The molecule has 3 aromatic rings. The van der Waals surface area contributed by atoms with Crippen LogP contribution in [0.4, 0.5) is 5.69 Å². The Bertz CT molecular complexity index is 1210. The molecule has 0 fully saturated rings. The van der Waals surface area contributed by atoms with Crippen LogP contribution in [0.2, 0.25) is 0 Å². The molecule has 0 saturated heterocycles. The van der Waals surface area contributed by atoms with Crippen LogP contribution in [0.15, 0.2) is 47.8 Å². The predicted octanol–water partition coefficient (Wildman–Crippen LogP) is 6.18. The number of aromatic nitrogens is 2. The molecule has 2 aromatic carbocycles. The van der Waals surface area contributed by atoms with Crippen molar-refractivity contribution >= 4 is 11.4 Å².